The molecule has 0 aliphatic carbocycles. The zero-order chi connectivity index (χ0) is 15.3. The van der Waals surface area contributed by atoms with E-state index in [2.05, 4.69) is 4.90 Å². The summed E-state index contributed by atoms with van der Waals surface area (Å²) in [7, 11) is 0. The van der Waals surface area contributed by atoms with Crippen molar-refractivity contribution in [3.05, 3.63) is 35.4 Å². The minimum atomic E-state index is -0.637. The molecule has 1 rings (SSSR count). The highest BCUT2D eigenvalue weighted by atomic mass is 19.1. The number of Topliss-reactive ketones (excluding diaryl/α,β-unsaturated/α-hetero) is 1. The number of likely N-dealkylation sites (N-methyl/N-ethyl adjacent to an activating group) is 1. The van der Waals surface area contributed by atoms with Gasteiger partial charge in [-0.2, -0.15) is 0 Å². The Morgan fingerprint density at radius 1 is 1.20 bits per heavy atom. The monoisotopic (exact) mass is 283 g/mol. The molecule has 0 aliphatic rings. The largest absolute Gasteiger partial charge is 0.297 e. The third-order valence-electron chi connectivity index (χ3n) is 4.11. The zero-order valence-corrected chi connectivity index (χ0v) is 12.7. The first-order chi connectivity index (χ1) is 9.38. The van der Waals surface area contributed by atoms with Crippen LogP contribution in [0.4, 0.5) is 8.78 Å². The topological polar surface area (TPSA) is 20.3 Å². The molecular weight excluding hydrogens is 260 g/mol. The van der Waals surface area contributed by atoms with Gasteiger partial charge in [-0.05, 0) is 50.2 Å². The molecule has 0 amide bonds. The predicted molar refractivity (Wildman–Crippen MR) is 76.7 cm³/mol. The molecule has 0 bridgehead atoms. The number of nitrogens with zero attached hydrogens (tertiary/aromatic N) is 1. The van der Waals surface area contributed by atoms with Gasteiger partial charge >= 0.3 is 0 Å². The second kappa shape index (κ2) is 6.93. The standard InChI is InChI=1S/C16H23F2NO/c1-5-16(4,19(6-2)7-3)15(20)11-12-10-13(17)8-9-14(12)18/h8-10H,5-7,11H2,1-4H3. The number of halogens is 2. The van der Waals surface area contributed by atoms with E-state index in [-0.39, 0.29) is 17.8 Å². The summed E-state index contributed by atoms with van der Waals surface area (Å²) in [5.74, 6) is -1.12. The normalized spacial score (nSPS) is 14.3. The molecule has 2 nitrogen and oxygen atoms in total. The third kappa shape index (κ3) is 3.42. The van der Waals surface area contributed by atoms with Gasteiger partial charge in [-0.1, -0.05) is 20.8 Å². The number of rotatable bonds is 7. The minimum Gasteiger partial charge on any atom is -0.297 e. The predicted octanol–water partition coefficient (Wildman–Crippen LogP) is 3.59. The second-order valence-corrected chi connectivity index (χ2v) is 5.14. The van der Waals surface area contributed by atoms with Gasteiger partial charge in [-0.25, -0.2) is 8.78 Å². The van der Waals surface area contributed by atoms with Gasteiger partial charge in [-0.3, -0.25) is 9.69 Å². The summed E-state index contributed by atoms with van der Waals surface area (Å²) in [4.78, 5) is 14.6. The van der Waals surface area contributed by atoms with Crippen LogP contribution in [-0.2, 0) is 11.2 Å². The molecule has 1 aromatic rings. The first-order valence-corrected chi connectivity index (χ1v) is 7.11. The maximum Gasteiger partial charge on any atom is 0.157 e. The van der Waals surface area contributed by atoms with Crippen molar-refractivity contribution in [1.82, 2.24) is 4.90 Å². The van der Waals surface area contributed by atoms with Gasteiger partial charge in [0.2, 0.25) is 0 Å². The van der Waals surface area contributed by atoms with E-state index < -0.39 is 17.2 Å². The average Bonchev–Trinajstić information content (AvgIpc) is 2.43. The van der Waals surface area contributed by atoms with Crippen LogP contribution in [0, 0.1) is 11.6 Å². The van der Waals surface area contributed by atoms with Crippen LogP contribution >= 0.6 is 0 Å². The van der Waals surface area contributed by atoms with Crippen LogP contribution in [0.15, 0.2) is 18.2 Å². The number of carbonyl (C=O) groups excluding carboxylic acids is 1. The van der Waals surface area contributed by atoms with E-state index in [1.165, 1.54) is 0 Å². The Kier molecular flexibility index (Phi) is 5.81. The first kappa shape index (κ1) is 16.8. The molecule has 112 valence electrons. The molecule has 0 saturated heterocycles. The Labute approximate surface area is 119 Å². The lowest BCUT2D eigenvalue weighted by molar-refractivity contribution is -0.129. The van der Waals surface area contributed by atoms with Crippen molar-refractivity contribution < 1.29 is 13.6 Å². The van der Waals surface area contributed by atoms with Crippen LogP contribution in [0.1, 0.15) is 39.7 Å². The summed E-state index contributed by atoms with van der Waals surface area (Å²) in [5.41, 5.74) is -0.510. The van der Waals surface area contributed by atoms with Crippen molar-refractivity contribution >= 4 is 5.78 Å². The fourth-order valence-corrected chi connectivity index (χ4v) is 2.56. The summed E-state index contributed by atoms with van der Waals surface area (Å²) in [5, 5.41) is 0. The number of ketones is 1. The Bertz CT molecular complexity index is 472. The summed E-state index contributed by atoms with van der Waals surface area (Å²) in [6.07, 6.45) is 0.564. The van der Waals surface area contributed by atoms with E-state index >= 15 is 0 Å². The van der Waals surface area contributed by atoms with E-state index in [0.717, 1.165) is 31.3 Å². The summed E-state index contributed by atoms with van der Waals surface area (Å²) < 4.78 is 26.8. The molecule has 1 aromatic carbocycles. The minimum absolute atomic E-state index is 0.0757. The number of hydrogen-bond donors (Lipinski definition) is 0. The van der Waals surface area contributed by atoms with Crippen molar-refractivity contribution in [3.8, 4) is 0 Å². The summed E-state index contributed by atoms with van der Waals surface area (Å²) >= 11 is 0. The van der Waals surface area contributed by atoms with Gasteiger partial charge in [0.15, 0.2) is 5.78 Å². The highest BCUT2D eigenvalue weighted by Gasteiger charge is 2.35. The molecular formula is C16H23F2NO. The maximum absolute atomic E-state index is 13.7. The fourth-order valence-electron chi connectivity index (χ4n) is 2.56. The first-order valence-electron chi connectivity index (χ1n) is 7.11. The quantitative estimate of drug-likeness (QED) is 0.762. The van der Waals surface area contributed by atoms with Gasteiger partial charge in [-0.15, -0.1) is 0 Å². The number of hydrogen-bond acceptors (Lipinski definition) is 2. The Morgan fingerprint density at radius 2 is 1.80 bits per heavy atom. The van der Waals surface area contributed by atoms with Crippen molar-refractivity contribution in [2.24, 2.45) is 0 Å². The maximum atomic E-state index is 13.7. The van der Waals surface area contributed by atoms with E-state index in [1.54, 1.807) is 0 Å². The molecule has 1 atom stereocenters. The molecule has 0 aromatic heterocycles. The number of benzene rings is 1. The Hall–Kier alpha value is -1.29. The van der Waals surface area contributed by atoms with E-state index in [4.69, 9.17) is 0 Å². The molecule has 0 heterocycles. The number of carbonyl (C=O) groups is 1. The van der Waals surface area contributed by atoms with E-state index in [0.29, 0.717) is 6.42 Å². The second-order valence-electron chi connectivity index (χ2n) is 5.14. The lowest BCUT2D eigenvalue weighted by Gasteiger charge is -2.38. The van der Waals surface area contributed by atoms with Crippen molar-refractivity contribution in [1.29, 1.82) is 0 Å². The van der Waals surface area contributed by atoms with Crippen molar-refractivity contribution in [2.75, 3.05) is 13.1 Å². The Balaban J connectivity index is 3.00. The molecule has 1 unspecified atom stereocenters. The van der Waals surface area contributed by atoms with Crippen LogP contribution < -0.4 is 0 Å². The summed E-state index contributed by atoms with van der Waals surface area (Å²) in [6, 6.07) is 3.23. The molecule has 0 aliphatic heterocycles. The highest BCUT2D eigenvalue weighted by Crippen LogP contribution is 2.23. The molecule has 20 heavy (non-hydrogen) atoms. The molecule has 0 spiro atoms. The zero-order valence-electron chi connectivity index (χ0n) is 12.7. The fraction of sp³-hybridized carbons (Fsp3) is 0.562. The van der Waals surface area contributed by atoms with Gasteiger partial charge in [0.1, 0.15) is 11.6 Å². The van der Waals surface area contributed by atoms with Gasteiger partial charge in [0, 0.05) is 6.42 Å². The molecule has 0 fully saturated rings. The van der Waals surface area contributed by atoms with Crippen molar-refractivity contribution in [2.45, 2.75) is 46.1 Å². The van der Waals surface area contributed by atoms with Crippen LogP contribution in [0.3, 0.4) is 0 Å². The molecule has 0 saturated carbocycles. The molecule has 4 heteroatoms. The van der Waals surface area contributed by atoms with Gasteiger partial charge < -0.3 is 0 Å². The van der Waals surface area contributed by atoms with Crippen LogP contribution in [0.2, 0.25) is 0 Å². The molecule has 0 radical (unpaired) electrons. The van der Waals surface area contributed by atoms with E-state index in [9.17, 15) is 13.6 Å². The van der Waals surface area contributed by atoms with Gasteiger partial charge in [0.05, 0.1) is 5.54 Å². The lowest BCUT2D eigenvalue weighted by atomic mass is 9.87. The van der Waals surface area contributed by atoms with Gasteiger partial charge in [0.25, 0.3) is 0 Å². The van der Waals surface area contributed by atoms with Crippen LogP contribution in [0.25, 0.3) is 0 Å². The Morgan fingerprint density at radius 3 is 2.30 bits per heavy atom. The van der Waals surface area contributed by atoms with Crippen LogP contribution in [-0.4, -0.2) is 29.3 Å². The third-order valence-corrected chi connectivity index (χ3v) is 4.11. The smallest absolute Gasteiger partial charge is 0.157 e. The molecule has 0 N–H and O–H groups in total. The van der Waals surface area contributed by atoms with Crippen LogP contribution in [0.5, 0.6) is 0 Å². The average molecular weight is 283 g/mol. The lowest BCUT2D eigenvalue weighted by Crippen LogP contribution is -2.52. The van der Waals surface area contributed by atoms with E-state index in [1.807, 2.05) is 27.7 Å². The summed E-state index contributed by atoms with van der Waals surface area (Å²) in [6.45, 7) is 9.30. The highest BCUT2D eigenvalue weighted by molar-refractivity contribution is 5.89. The SMILES string of the molecule is CCN(CC)C(C)(CC)C(=O)Cc1cc(F)ccc1F. The van der Waals surface area contributed by atoms with Crippen molar-refractivity contribution in [3.63, 3.8) is 0 Å².